The number of methoxy groups -OCH3 is 1. The first-order valence-electron chi connectivity index (χ1n) is 10.8. The Bertz CT molecular complexity index is 1410. The first kappa shape index (κ1) is 24.2. The molecule has 2 aromatic heterocycles. The van der Waals surface area contributed by atoms with Crippen molar-refractivity contribution in [3.63, 3.8) is 0 Å². The van der Waals surface area contributed by atoms with Crippen molar-refractivity contribution in [1.29, 1.82) is 0 Å². The van der Waals surface area contributed by atoms with E-state index in [9.17, 15) is 9.59 Å². The van der Waals surface area contributed by atoms with Crippen LogP contribution in [0.25, 0.3) is 22.6 Å². The van der Waals surface area contributed by atoms with Crippen molar-refractivity contribution in [1.82, 2.24) is 25.3 Å². The van der Waals surface area contributed by atoms with Crippen LogP contribution in [0.5, 0.6) is 11.5 Å². The second-order valence-electron chi connectivity index (χ2n) is 7.31. The highest BCUT2D eigenvalue weighted by Crippen LogP contribution is 2.28. The highest BCUT2D eigenvalue weighted by Gasteiger charge is 2.20. The number of esters is 1. The molecule has 0 saturated carbocycles. The number of rotatable bonds is 10. The quantitative estimate of drug-likeness (QED) is 0.189. The van der Waals surface area contributed by atoms with E-state index in [0.29, 0.717) is 33.9 Å². The van der Waals surface area contributed by atoms with Gasteiger partial charge in [0.05, 0.1) is 31.0 Å². The Morgan fingerprint density at radius 3 is 2.78 bits per heavy atom. The zero-order valence-electron chi connectivity index (χ0n) is 19.5. The molecule has 13 heteroatoms. The standard InChI is InChI=1S/C23H23N7O6/c1-3-34-20(32)13-35-17-9-8-14(10-18(17)33-2)11-25-27-19(31)12-30-16-7-5-4-6-15(16)26-23(30)21-22(24)29-36-28-21/h4-11H,3,12-13H2,1-2H3,(H2,24,29)(H,27,31)/b25-11-. The van der Waals surface area contributed by atoms with Gasteiger partial charge in [0.25, 0.3) is 5.91 Å². The van der Waals surface area contributed by atoms with Crippen LogP contribution in [0.1, 0.15) is 12.5 Å². The van der Waals surface area contributed by atoms with E-state index in [1.54, 1.807) is 29.7 Å². The number of carbonyl (C=O) groups is 2. The number of nitrogens with zero attached hydrogens (tertiary/aromatic N) is 5. The molecule has 4 rings (SSSR count). The number of anilines is 1. The van der Waals surface area contributed by atoms with Gasteiger partial charge in [-0.15, -0.1) is 0 Å². The Kier molecular flexibility index (Phi) is 7.39. The second-order valence-corrected chi connectivity index (χ2v) is 7.31. The third-order valence-corrected chi connectivity index (χ3v) is 4.92. The SMILES string of the molecule is CCOC(=O)COc1ccc(/C=N\NC(=O)Cn2c(-c3nonc3N)nc3ccccc32)cc1OC. The molecule has 0 bridgehead atoms. The summed E-state index contributed by atoms with van der Waals surface area (Å²) in [6, 6.07) is 12.3. The van der Waals surface area contributed by atoms with Crippen LogP contribution >= 0.6 is 0 Å². The van der Waals surface area contributed by atoms with Crippen LogP contribution < -0.4 is 20.6 Å². The monoisotopic (exact) mass is 493 g/mol. The van der Waals surface area contributed by atoms with Gasteiger partial charge in [0.2, 0.25) is 0 Å². The molecule has 0 aliphatic carbocycles. The van der Waals surface area contributed by atoms with Gasteiger partial charge in [-0.3, -0.25) is 4.79 Å². The predicted molar refractivity (Wildman–Crippen MR) is 128 cm³/mol. The van der Waals surface area contributed by atoms with Crippen LogP contribution in [-0.2, 0) is 20.9 Å². The third-order valence-electron chi connectivity index (χ3n) is 4.92. The van der Waals surface area contributed by atoms with E-state index in [1.807, 2.05) is 24.3 Å². The average molecular weight is 493 g/mol. The molecule has 36 heavy (non-hydrogen) atoms. The van der Waals surface area contributed by atoms with Crippen LogP contribution in [0, 0.1) is 0 Å². The number of fused-ring (bicyclic) bond motifs is 1. The van der Waals surface area contributed by atoms with Gasteiger partial charge >= 0.3 is 5.97 Å². The van der Waals surface area contributed by atoms with Crippen LogP contribution in [0.3, 0.4) is 0 Å². The fourth-order valence-corrected chi connectivity index (χ4v) is 3.35. The van der Waals surface area contributed by atoms with Gasteiger partial charge in [0.1, 0.15) is 6.54 Å². The summed E-state index contributed by atoms with van der Waals surface area (Å²) < 4.78 is 21.9. The minimum atomic E-state index is -0.482. The van der Waals surface area contributed by atoms with Crippen molar-refractivity contribution in [2.24, 2.45) is 5.10 Å². The van der Waals surface area contributed by atoms with E-state index in [0.717, 1.165) is 0 Å². The number of hydrazone groups is 1. The number of carbonyl (C=O) groups excluding carboxylic acids is 2. The smallest absolute Gasteiger partial charge is 0.344 e. The lowest BCUT2D eigenvalue weighted by Gasteiger charge is -2.10. The normalized spacial score (nSPS) is 11.1. The molecular formula is C23H23N7O6. The van der Waals surface area contributed by atoms with Gasteiger partial charge in [-0.2, -0.15) is 5.10 Å². The minimum Gasteiger partial charge on any atom is -0.493 e. The van der Waals surface area contributed by atoms with Gasteiger partial charge in [0.15, 0.2) is 35.4 Å². The summed E-state index contributed by atoms with van der Waals surface area (Å²) in [6.07, 6.45) is 1.45. The van der Waals surface area contributed by atoms with Crippen molar-refractivity contribution in [3.8, 4) is 23.0 Å². The summed E-state index contributed by atoms with van der Waals surface area (Å²) in [6.45, 7) is 1.63. The van der Waals surface area contributed by atoms with Crippen LogP contribution in [-0.4, -0.2) is 58.3 Å². The van der Waals surface area contributed by atoms with Gasteiger partial charge in [-0.1, -0.05) is 12.1 Å². The lowest BCUT2D eigenvalue weighted by Crippen LogP contribution is -2.23. The second kappa shape index (κ2) is 11.0. The summed E-state index contributed by atoms with van der Waals surface area (Å²) in [7, 11) is 1.47. The predicted octanol–water partition coefficient (Wildman–Crippen LogP) is 1.77. The van der Waals surface area contributed by atoms with Crippen molar-refractivity contribution in [2.45, 2.75) is 13.5 Å². The van der Waals surface area contributed by atoms with Crippen molar-refractivity contribution in [2.75, 3.05) is 26.1 Å². The minimum absolute atomic E-state index is 0.0635. The van der Waals surface area contributed by atoms with Gasteiger partial charge in [0, 0.05) is 0 Å². The molecule has 0 aliphatic rings. The van der Waals surface area contributed by atoms with Gasteiger partial charge in [-0.25, -0.2) is 19.8 Å². The number of imidazole rings is 1. The fraction of sp³-hybridized carbons (Fsp3) is 0.217. The van der Waals surface area contributed by atoms with E-state index < -0.39 is 11.9 Å². The number of para-hydroxylation sites is 2. The van der Waals surface area contributed by atoms with Crippen LogP contribution in [0.2, 0.25) is 0 Å². The summed E-state index contributed by atoms with van der Waals surface area (Å²) in [5.41, 5.74) is 10.5. The highest BCUT2D eigenvalue weighted by atomic mass is 16.6. The van der Waals surface area contributed by atoms with Crippen LogP contribution in [0.15, 0.2) is 52.2 Å². The molecule has 186 valence electrons. The summed E-state index contributed by atoms with van der Waals surface area (Å²) in [4.78, 5) is 28.7. The molecule has 0 unspecified atom stereocenters. The molecule has 0 radical (unpaired) electrons. The first-order valence-corrected chi connectivity index (χ1v) is 10.8. The highest BCUT2D eigenvalue weighted by molar-refractivity contribution is 5.86. The third kappa shape index (κ3) is 5.41. The molecule has 2 heterocycles. The summed E-state index contributed by atoms with van der Waals surface area (Å²) in [5, 5.41) is 11.4. The fourth-order valence-electron chi connectivity index (χ4n) is 3.35. The maximum absolute atomic E-state index is 12.7. The van der Waals surface area contributed by atoms with Crippen molar-refractivity contribution >= 4 is 34.9 Å². The van der Waals surface area contributed by atoms with Crippen molar-refractivity contribution in [3.05, 3.63) is 48.0 Å². The maximum atomic E-state index is 12.7. The molecule has 13 nitrogen and oxygen atoms in total. The number of nitrogens with one attached hydrogen (secondary N) is 1. The molecule has 0 spiro atoms. The molecule has 0 aliphatic heterocycles. The van der Waals surface area contributed by atoms with Crippen molar-refractivity contribution < 1.29 is 28.4 Å². The van der Waals surface area contributed by atoms with E-state index >= 15 is 0 Å². The van der Waals surface area contributed by atoms with E-state index in [2.05, 4.69) is 25.8 Å². The maximum Gasteiger partial charge on any atom is 0.344 e. The lowest BCUT2D eigenvalue weighted by molar-refractivity contribution is -0.145. The Labute approximate surface area is 204 Å². The number of hydrogen-bond acceptors (Lipinski definition) is 11. The molecule has 0 fully saturated rings. The molecule has 0 saturated heterocycles. The molecule has 0 atom stereocenters. The van der Waals surface area contributed by atoms with E-state index in [1.165, 1.54) is 13.3 Å². The summed E-state index contributed by atoms with van der Waals surface area (Å²) >= 11 is 0. The molecule has 4 aromatic rings. The Hall–Kier alpha value is -4.94. The first-order chi connectivity index (χ1) is 17.5. The molecule has 2 aromatic carbocycles. The number of nitrogen functional groups attached to an aromatic ring is 1. The topological polar surface area (TPSA) is 169 Å². The van der Waals surface area contributed by atoms with Crippen LogP contribution in [0.4, 0.5) is 5.82 Å². The van der Waals surface area contributed by atoms with E-state index in [-0.39, 0.29) is 31.3 Å². The summed E-state index contributed by atoms with van der Waals surface area (Å²) in [5.74, 6) is 0.276. The number of amides is 1. The molecule has 3 N–H and O–H groups in total. The zero-order chi connectivity index (χ0) is 25.5. The lowest BCUT2D eigenvalue weighted by atomic mass is 10.2. The van der Waals surface area contributed by atoms with Gasteiger partial charge < -0.3 is 24.5 Å². The Morgan fingerprint density at radius 1 is 1.19 bits per heavy atom. The van der Waals surface area contributed by atoms with E-state index in [4.69, 9.17) is 24.6 Å². The number of hydrogen-bond donors (Lipinski definition) is 2. The zero-order valence-corrected chi connectivity index (χ0v) is 19.5. The number of ether oxygens (including phenoxy) is 3. The average Bonchev–Trinajstić information content (AvgIpc) is 3.46. The largest absolute Gasteiger partial charge is 0.493 e. The Morgan fingerprint density at radius 2 is 2.03 bits per heavy atom. The number of aromatic nitrogens is 4. The molecular weight excluding hydrogens is 470 g/mol. The molecule has 1 amide bonds. The number of benzene rings is 2. The Balaban J connectivity index is 1.45. The van der Waals surface area contributed by atoms with Gasteiger partial charge in [-0.05, 0) is 53.1 Å². The number of nitrogens with two attached hydrogens (primary N) is 1.